The summed E-state index contributed by atoms with van der Waals surface area (Å²) in [5.74, 6) is 0.379. The summed E-state index contributed by atoms with van der Waals surface area (Å²) in [6, 6.07) is 0. The summed E-state index contributed by atoms with van der Waals surface area (Å²) in [6.45, 7) is 10.2. The first kappa shape index (κ1) is 17.3. The molecule has 0 aromatic rings. The number of rotatable bonds is 1. The lowest BCUT2D eigenvalue weighted by Gasteiger charge is -2.40. The number of carbonyl (C=O) groups is 2. The first-order valence-corrected chi connectivity index (χ1v) is 8.46. The fourth-order valence-corrected chi connectivity index (χ4v) is 3.34. The van der Waals surface area contributed by atoms with Gasteiger partial charge in [-0.1, -0.05) is 27.7 Å². The van der Waals surface area contributed by atoms with Crippen molar-refractivity contribution in [2.24, 2.45) is 17.3 Å². The third-order valence-electron chi connectivity index (χ3n) is 4.93. The number of carbonyl (C=O) groups excluding carboxylic acids is 2. The van der Waals surface area contributed by atoms with Crippen LogP contribution in [0.2, 0.25) is 0 Å². The Morgan fingerprint density at radius 2 is 1.73 bits per heavy atom. The van der Waals surface area contributed by atoms with Gasteiger partial charge in [-0.25, -0.2) is 0 Å². The second kappa shape index (κ2) is 6.57. The van der Waals surface area contributed by atoms with E-state index in [2.05, 4.69) is 0 Å². The van der Waals surface area contributed by atoms with Gasteiger partial charge in [-0.3, -0.25) is 9.59 Å². The summed E-state index contributed by atoms with van der Waals surface area (Å²) in [6.07, 6.45) is 2.15. The summed E-state index contributed by atoms with van der Waals surface area (Å²) < 4.78 is 0. The standard InChI is InChI=1S/C17H30N2O3/c1-12-7-9-18(11-14(12)20)15(21)13-6-5-8-19(10-13)16(22)17(2,3)4/h12-14,20H,5-11H2,1-4H3. The minimum atomic E-state index is -0.423. The predicted octanol–water partition coefficient (Wildman–Crippen LogP) is 1.50. The van der Waals surface area contributed by atoms with E-state index in [0.29, 0.717) is 13.1 Å². The zero-order valence-corrected chi connectivity index (χ0v) is 14.3. The number of piperidine rings is 2. The van der Waals surface area contributed by atoms with Crippen LogP contribution in [0.5, 0.6) is 0 Å². The number of β-amino-alcohol motifs (C(OH)–C–C–N with tert-alkyl or cyclic N) is 1. The summed E-state index contributed by atoms with van der Waals surface area (Å²) in [7, 11) is 0. The van der Waals surface area contributed by atoms with Crippen LogP contribution >= 0.6 is 0 Å². The lowest BCUT2D eigenvalue weighted by atomic mass is 9.89. The molecule has 2 fully saturated rings. The van der Waals surface area contributed by atoms with Crippen LogP contribution in [-0.4, -0.2) is 59.0 Å². The molecule has 3 atom stereocenters. The Kier molecular flexibility index (Phi) is 5.15. The number of aliphatic hydroxyl groups is 1. The van der Waals surface area contributed by atoms with Crippen LogP contribution in [0.25, 0.3) is 0 Å². The summed E-state index contributed by atoms with van der Waals surface area (Å²) in [4.78, 5) is 28.8. The highest BCUT2D eigenvalue weighted by molar-refractivity contribution is 5.84. The van der Waals surface area contributed by atoms with Crippen molar-refractivity contribution in [3.05, 3.63) is 0 Å². The molecule has 3 unspecified atom stereocenters. The van der Waals surface area contributed by atoms with Crippen LogP contribution < -0.4 is 0 Å². The molecule has 0 spiro atoms. The van der Waals surface area contributed by atoms with E-state index in [9.17, 15) is 14.7 Å². The van der Waals surface area contributed by atoms with Gasteiger partial charge in [0.1, 0.15) is 0 Å². The maximum absolute atomic E-state index is 12.7. The van der Waals surface area contributed by atoms with Crippen molar-refractivity contribution in [1.29, 1.82) is 0 Å². The number of likely N-dealkylation sites (tertiary alicyclic amines) is 2. The van der Waals surface area contributed by atoms with Crippen LogP contribution in [-0.2, 0) is 9.59 Å². The third-order valence-corrected chi connectivity index (χ3v) is 4.93. The maximum Gasteiger partial charge on any atom is 0.227 e. The molecule has 0 bridgehead atoms. The van der Waals surface area contributed by atoms with Gasteiger partial charge in [-0.15, -0.1) is 0 Å². The predicted molar refractivity (Wildman–Crippen MR) is 85.1 cm³/mol. The average molecular weight is 310 g/mol. The van der Waals surface area contributed by atoms with Crippen LogP contribution in [0.4, 0.5) is 0 Å². The fraction of sp³-hybridized carbons (Fsp3) is 0.882. The molecule has 5 nitrogen and oxygen atoms in total. The van der Waals surface area contributed by atoms with E-state index in [1.165, 1.54) is 0 Å². The van der Waals surface area contributed by atoms with E-state index in [4.69, 9.17) is 0 Å². The van der Waals surface area contributed by atoms with Gasteiger partial charge < -0.3 is 14.9 Å². The van der Waals surface area contributed by atoms with Gasteiger partial charge >= 0.3 is 0 Å². The molecular formula is C17H30N2O3. The van der Waals surface area contributed by atoms with Gasteiger partial charge in [-0.2, -0.15) is 0 Å². The topological polar surface area (TPSA) is 60.9 Å². The minimum Gasteiger partial charge on any atom is -0.391 e. The largest absolute Gasteiger partial charge is 0.391 e. The van der Waals surface area contributed by atoms with E-state index in [-0.39, 0.29) is 23.7 Å². The normalized spacial score (nSPS) is 30.3. The number of aliphatic hydroxyl groups excluding tert-OH is 1. The van der Waals surface area contributed by atoms with Crippen molar-refractivity contribution in [1.82, 2.24) is 9.80 Å². The lowest BCUT2D eigenvalue weighted by molar-refractivity contribution is -0.147. The molecule has 2 rings (SSSR count). The highest BCUT2D eigenvalue weighted by atomic mass is 16.3. The molecule has 5 heteroatoms. The number of hydrogen-bond acceptors (Lipinski definition) is 3. The molecule has 22 heavy (non-hydrogen) atoms. The molecule has 0 radical (unpaired) electrons. The molecule has 2 aliphatic rings. The van der Waals surface area contributed by atoms with Gasteiger partial charge in [0.15, 0.2) is 0 Å². The van der Waals surface area contributed by atoms with Gasteiger partial charge in [0.05, 0.1) is 12.0 Å². The summed E-state index contributed by atoms with van der Waals surface area (Å²) in [5.41, 5.74) is -0.401. The molecule has 0 aromatic heterocycles. The van der Waals surface area contributed by atoms with E-state index in [0.717, 1.165) is 32.4 Å². The Morgan fingerprint density at radius 1 is 1.05 bits per heavy atom. The fourth-order valence-electron chi connectivity index (χ4n) is 3.34. The molecule has 0 saturated carbocycles. The monoisotopic (exact) mass is 310 g/mol. The Hall–Kier alpha value is -1.10. The first-order chi connectivity index (χ1) is 10.2. The molecule has 0 aliphatic carbocycles. The Bertz CT molecular complexity index is 430. The highest BCUT2D eigenvalue weighted by Crippen LogP contribution is 2.26. The minimum absolute atomic E-state index is 0.109. The van der Waals surface area contributed by atoms with E-state index in [1.54, 1.807) is 4.90 Å². The van der Waals surface area contributed by atoms with E-state index < -0.39 is 11.5 Å². The SMILES string of the molecule is CC1CCN(C(=O)C2CCCN(C(=O)C(C)(C)C)C2)CC1O. The molecule has 126 valence electrons. The van der Waals surface area contributed by atoms with Crippen LogP contribution in [0.3, 0.4) is 0 Å². The smallest absolute Gasteiger partial charge is 0.227 e. The first-order valence-electron chi connectivity index (χ1n) is 8.46. The van der Waals surface area contributed by atoms with Crippen molar-refractivity contribution in [2.75, 3.05) is 26.2 Å². The van der Waals surface area contributed by atoms with Crippen molar-refractivity contribution in [3.8, 4) is 0 Å². The van der Waals surface area contributed by atoms with Crippen molar-refractivity contribution in [2.45, 2.75) is 53.1 Å². The number of hydrogen-bond donors (Lipinski definition) is 1. The molecule has 2 heterocycles. The zero-order chi connectivity index (χ0) is 16.5. The Labute approximate surface area is 133 Å². The van der Waals surface area contributed by atoms with Crippen molar-refractivity contribution in [3.63, 3.8) is 0 Å². The van der Waals surface area contributed by atoms with E-state index >= 15 is 0 Å². The number of nitrogens with zero attached hydrogens (tertiary/aromatic N) is 2. The lowest BCUT2D eigenvalue weighted by Crippen LogP contribution is -2.52. The summed E-state index contributed by atoms with van der Waals surface area (Å²) in [5, 5.41) is 9.98. The second-order valence-corrected chi connectivity index (χ2v) is 7.96. The van der Waals surface area contributed by atoms with Crippen LogP contribution in [0, 0.1) is 17.3 Å². The molecule has 1 N–H and O–H groups in total. The van der Waals surface area contributed by atoms with Gasteiger partial charge in [0, 0.05) is 31.6 Å². The molecular weight excluding hydrogens is 280 g/mol. The summed E-state index contributed by atoms with van der Waals surface area (Å²) >= 11 is 0. The quantitative estimate of drug-likeness (QED) is 0.798. The zero-order valence-electron chi connectivity index (χ0n) is 14.3. The number of amides is 2. The highest BCUT2D eigenvalue weighted by Gasteiger charge is 2.36. The Balaban J connectivity index is 1.97. The van der Waals surface area contributed by atoms with Crippen LogP contribution in [0.15, 0.2) is 0 Å². The molecule has 2 aliphatic heterocycles. The molecule has 0 aromatic carbocycles. The van der Waals surface area contributed by atoms with Crippen molar-refractivity contribution < 1.29 is 14.7 Å². The Morgan fingerprint density at radius 3 is 2.32 bits per heavy atom. The van der Waals surface area contributed by atoms with Crippen LogP contribution in [0.1, 0.15) is 47.0 Å². The van der Waals surface area contributed by atoms with Gasteiger partial charge in [0.2, 0.25) is 11.8 Å². The average Bonchev–Trinajstić information content (AvgIpc) is 2.47. The second-order valence-electron chi connectivity index (χ2n) is 7.96. The van der Waals surface area contributed by atoms with Crippen molar-refractivity contribution >= 4 is 11.8 Å². The molecule has 2 amide bonds. The third kappa shape index (κ3) is 3.80. The van der Waals surface area contributed by atoms with Gasteiger partial charge in [0.25, 0.3) is 0 Å². The maximum atomic E-state index is 12.7. The molecule has 2 saturated heterocycles. The van der Waals surface area contributed by atoms with Gasteiger partial charge in [-0.05, 0) is 25.2 Å². The van der Waals surface area contributed by atoms with E-state index in [1.807, 2.05) is 32.6 Å².